The number of ether oxygens (including phenoxy) is 1. The van der Waals surface area contributed by atoms with Crippen molar-refractivity contribution < 1.29 is 40.8 Å². The number of nitrogens with zero attached hydrogens (tertiary/aromatic N) is 1. The van der Waals surface area contributed by atoms with Crippen LogP contribution >= 0.6 is 0 Å². The summed E-state index contributed by atoms with van der Waals surface area (Å²) in [7, 11) is 0.634. The van der Waals surface area contributed by atoms with Gasteiger partial charge in [-0.05, 0) is 6.07 Å². The lowest BCUT2D eigenvalue weighted by molar-refractivity contribution is -0.388. The highest BCUT2D eigenvalue weighted by Gasteiger charge is 2.45. The van der Waals surface area contributed by atoms with Crippen LogP contribution in [0.1, 0.15) is 21.5 Å². The van der Waals surface area contributed by atoms with E-state index in [4.69, 9.17) is 0 Å². The fraction of sp³-hybridized carbons (Fsp3) is 0.300. The maximum absolute atomic E-state index is 12.8. The number of nitro groups is 1. The molecule has 0 saturated heterocycles. The van der Waals surface area contributed by atoms with Crippen molar-refractivity contribution in [2.45, 2.75) is 12.4 Å². The molecule has 1 aromatic carbocycles. The van der Waals surface area contributed by atoms with Crippen molar-refractivity contribution in [2.24, 2.45) is 0 Å². The van der Waals surface area contributed by atoms with E-state index < -0.39 is 45.6 Å². The van der Waals surface area contributed by atoms with Crippen LogP contribution in [0.15, 0.2) is 12.1 Å². The molecule has 0 aromatic heterocycles. The molecule has 0 saturated carbocycles. The average Bonchev–Trinajstić information content (AvgIpc) is 2.33. The monoisotopic (exact) mass is 317 g/mol. The first-order chi connectivity index (χ1) is 9.39. The quantitative estimate of drug-likeness (QED) is 0.363. The van der Waals surface area contributed by atoms with Gasteiger partial charge in [-0.15, -0.1) is 0 Å². The van der Waals surface area contributed by atoms with Crippen LogP contribution in [0.25, 0.3) is 0 Å². The zero-order valence-electron chi connectivity index (χ0n) is 10.0. The normalized spacial score (nSPS) is 12.1. The molecule has 0 aliphatic carbocycles. The summed E-state index contributed by atoms with van der Waals surface area (Å²) < 4.78 is 80.0. The molecule has 0 N–H and O–H groups in total. The van der Waals surface area contributed by atoms with Gasteiger partial charge < -0.3 is 4.74 Å². The number of hydrogen-bond acceptors (Lipinski definition) is 4. The van der Waals surface area contributed by atoms with Crippen molar-refractivity contribution in [2.75, 3.05) is 7.11 Å². The maximum Gasteiger partial charge on any atom is 0.423 e. The molecular weight excluding hydrogens is 312 g/mol. The highest BCUT2D eigenvalue weighted by atomic mass is 19.4. The van der Waals surface area contributed by atoms with Crippen LogP contribution < -0.4 is 0 Å². The minimum atomic E-state index is -5.41. The van der Waals surface area contributed by atoms with E-state index in [2.05, 4.69) is 4.74 Å². The Kier molecular flexibility index (Phi) is 4.16. The zero-order chi connectivity index (χ0) is 16.6. The zero-order valence-corrected chi connectivity index (χ0v) is 10.0. The number of nitro benzene ring substituents is 1. The molecule has 0 atom stereocenters. The van der Waals surface area contributed by atoms with Gasteiger partial charge in [0.1, 0.15) is 5.56 Å². The molecule has 1 aromatic rings. The average molecular weight is 317 g/mol. The smallest absolute Gasteiger partial charge is 0.423 e. The largest absolute Gasteiger partial charge is 0.465 e. The first-order valence-electron chi connectivity index (χ1n) is 4.94. The summed E-state index contributed by atoms with van der Waals surface area (Å²) in [5, 5.41) is 10.6. The third kappa shape index (κ3) is 3.41. The van der Waals surface area contributed by atoms with Crippen LogP contribution in [0.4, 0.5) is 32.0 Å². The molecule has 0 radical (unpaired) electrons. The highest BCUT2D eigenvalue weighted by Crippen LogP contribution is 2.42. The van der Waals surface area contributed by atoms with Crippen LogP contribution in [0.3, 0.4) is 0 Å². The topological polar surface area (TPSA) is 69.4 Å². The van der Waals surface area contributed by atoms with E-state index in [1.165, 1.54) is 0 Å². The Balaban J connectivity index is 3.84. The van der Waals surface area contributed by atoms with E-state index in [9.17, 15) is 41.3 Å². The molecular formula is C10H5F6NO4. The first-order valence-corrected chi connectivity index (χ1v) is 4.94. The summed E-state index contributed by atoms with van der Waals surface area (Å²) in [6, 6.07) is -0.420. The van der Waals surface area contributed by atoms with Gasteiger partial charge in [0, 0.05) is 6.07 Å². The second-order valence-electron chi connectivity index (χ2n) is 3.66. The van der Waals surface area contributed by atoms with Gasteiger partial charge in [0.25, 0.3) is 5.69 Å². The van der Waals surface area contributed by atoms with Crippen molar-refractivity contribution in [3.05, 3.63) is 38.9 Å². The molecule has 116 valence electrons. The summed E-state index contributed by atoms with van der Waals surface area (Å²) in [4.78, 5) is 20.2. The minimum absolute atomic E-state index is 0.137. The molecule has 5 nitrogen and oxygen atoms in total. The van der Waals surface area contributed by atoms with Gasteiger partial charge in [0.15, 0.2) is 0 Å². The van der Waals surface area contributed by atoms with E-state index >= 15 is 0 Å². The number of carbonyl (C=O) groups excluding carboxylic acids is 1. The lowest BCUT2D eigenvalue weighted by Crippen LogP contribution is -2.19. The molecule has 1 rings (SSSR count). The fourth-order valence-corrected chi connectivity index (χ4v) is 1.50. The van der Waals surface area contributed by atoms with Crippen LogP contribution in [-0.2, 0) is 17.1 Å². The number of methoxy groups -OCH3 is 1. The molecule has 0 heterocycles. The van der Waals surface area contributed by atoms with Gasteiger partial charge >= 0.3 is 18.3 Å². The molecule has 0 spiro atoms. The summed E-state index contributed by atoms with van der Waals surface area (Å²) >= 11 is 0. The molecule has 0 unspecified atom stereocenters. The maximum atomic E-state index is 12.8. The van der Waals surface area contributed by atoms with Crippen LogP contribution in [0, 0.1) is 10.1 Å². The van der Waals surface area contributed by atoms with E-state index in [0.717, 1.165) is 0 Å². The van der Waals surface area contributed by atoms with Crippen molar-refractivity contribution in [3.63, 3.8) is 0 Å². The summed E-state index contributed by atoms with van der Waals surface area (Å²) in [5.41, 5.74) is -7.31. The Hall–Kier alpha value is -2.33. The van der Waals surface area contributed by atoms with Crippen LogP contribution in [0.2, 0.25) is 0 Å². The Morgan fingerprint density at radius 3 is 2.00 bits per heavy atom. The Morgan fingerprint density at radius 2 is 1.67 bits per heavy atom. The van der Waals surface area contributed by atoms with E-state index in [-0.39, 0.29) is 12.1 Å². The first kappa shape index (κ1) is 16.7. The number of benzene rings is 1. The SMILES string of the molecule is COC(=O)c1cc(C(F)(F)F)cc([N+](=O)[O-])c1C(F)(F)F. The molecule has 0 aliphatic rings. The van der Waals surface area contributed by atoms with Gasteiger partial charge in [0.2, 0.25) is 0 Å². The Labute approximate surface area is 112 Å². The number of rotatable bonds is 2. The van der Waals surface area contributed by atoms with Gasteiger partial charge in [-0.2, -0.15) is 26.3 Å². The molecule has 0 fully saturated rings. The van der Waals surface area contributed by atoms with Crippen LogP contribution in [0.5, 0.6) is 0 Å². The summed E-state index contributed by atoms with van der Waals surface area (Å²) in [6.07, 6.45) is -10.6. The second-order valence-corrected chi connectivity index (χ2v) is 3.66. The lowest BCUT2D eigenvalue weighted by atomic mass is 10.0. The second kappa shape index (κ2) is 5.22. The number of hydrogen-bond donors (Lipinski definition) is 0. The number of esters is 1. The predicted molar refractivity (Wildman–Crippen MR) is 54.4 cm³/mol. The van der Waals surface area contributed by atoms with Crippen molar-refractivity contribution in [3.8, 4) is 0 Å². The molecule has 21 heavy (non-hydrogen) atoms. The van der Waals surface area contributed by atoms with Crippen LogP contribution in [-0.4, -0.2) is 18.0 Å². The Bertz CT molecular complexity index is 592. The van der Waals surface area contributed by atoms with Crippen molar-refractivity contribution in [1.82, 2.24) is 0 Å². The molecule has 11 heteroatoms. The Morgan fingerprint density at radius 1 is 1.14 bits per heavy atom. The number of halogens is 6. The van der Waals surface area contributed by atoms with Crippen molar-refractivity contribution >= 4 is 11.7 Å². The van der Waals surface area contributed by atoms with E-state index in [0.29, 0.717) is 7.11 Å². The molecule has 0 bridgehead atoms. The fourth-order valence-electron chi connectivity index (χ4n) is 1.50. The lowest BCUT2D eigenvalue weighted by Gasteiger charge is -2.14. The number of carbonyl (C=O) groups is 1. The standard InChI is InChI=1S/C10H5F6NO4/c1-21-8(18)5-2-4(9(11,12)13)3-6(17(19)20)7(5)10(14,15)16/h2-3H,1H3. The molecule has 0 amide bonds. The number of alkyl halides is 6. The third-order valence-corrected chi connectivity index (χ3v) is 2.33. The summed E-state index contributed by atoms with van der Waals surface area (Å²) in [5.74, 6) is -1.77. The van der Waals surface area contributed by atoms with Gasteiger partial charge in [-0.25, -0.2) is 4.79 Å². The van der Waals surface area contributed by atoms with Gasteiger partial charge in [-0.1, -0.05) is 0 Å². The molecule has 0 aliphatic heterocycles. The van der Waals surface area contributed by atoms with Gasteiger partial charge in [0.05, 0.1) is 23.2 Å². The predicted octanol–water partition coefficient (Wildman–Crippen LogP) is 3.42. The highest BCUT2D eigenvalue weighted by molar-refractivity contribution is 5.93. The van der Waals surface area contributed by atoms with Gasteiger partial charge in [-0.3, -0.25) is 10.1 Å². The van der Waals surface area contributed by atoms with E-state index in [1.54, 1.807) is 0 Å². The van der Waals surface area contributed by atoms with E-state index in [1.807, 2.05) is 0 Å². The summed E-state index contributed by atoms with van der Waals surface area (Å²) in [6.45, 7) is 0. The minimum Gasteiger partial charge on any atom is -0.465 e. The van der Waals surface area contributed by atoms with Crippen molar-refractivity contribution in [1.29, 1.82) is 0 Å². The third-order valence-electron chi connectivity index (χ3n) is 2.33.